The Bertz CT molecular complexity index is 744. The molecule has 0 spiro atoms. The molecule has 1 heterocycles. The van der Waals surface area contributed by atoms with E-state index in [0.29, 0.717) is 5.89 Å². The highest BCUT2D eigenvalue weighted by atomic mass is 19.1. The van der Waals surface area contributed by atoms with Crippen LogP contribution >= 0.6 is 0 Å². The maximum absolute atomic E-state index is 13.4. The smallest absolute Gasteiger partial charge is 0.258 e. The van der Waals surface area contributed by atoms with Crippen LogP contribution in [-0.2, 0) is 6.61 Å². The predicted octanol–water partition coefficient (Wildman–Crippen LogP) is 3.59. The van der Waals surface area contributed by atoms with Crippen molar-refractivity contribution >= 4 is 0 Å². The Hall–Kier alpha value is -2.76. The zero-order valence-electron chi connectivity index (χ0n) is 10.8. The Kier molecular flexibility index (Phi) is 3.59. The summed E-state index contributed by atoms with van der Waals surface area (Å²) in [4.78, 5) is 4.14. The van der Waals surface area contributed by atoms with Crippen molar-refractivity contribution in [3.63, 3.8) is 0 Å². The van der Waals surface area contributed by atoms with E-state index in [0.717, 1.165) is 17.7 Å². The van der Waals surface area contributed by atoms with Crippen molar-refractivity contribution in [2.75, 3.05) is 0 Å². The first kappa shape index (κ1) is 13.2. The van der Waals surface area contributed by atoms with Gasteiger partial charge in [-0.2, -0.15) is 4.98 Å². The molecule has 106 valence electrons. The molecule has 4 nitrogen and oxygen atoms in total. The van der Waals surface area contributed by atoms with Crippen LogP contribution in [-0.4, -0.2) is 10.1 Å². The fourth-order valence-corrected chi connectivity index (χ4v) is 1.75. The molecule has 0 saturated heterocycles. The van der Waals surface area contributed by atoms with Crippen LogP contribution < -0.4 is 4.74 Å². The number of ether oxygens (including phenoxy) is 1. The van der Waals surface area contributed by atoms with Gasteiger partial charge in [-0.15, -0.1) is 0 Å². The molecule has 0 atom stereocenters. The van der Waals surface area contributed by atoms with Crippen molar-refractivity contribution < 1.29 is 18.0 Å². The van der Waals surface area contributed by atoms with Gasteiger partial charge in [0.1, 0.15) is 5.82 Å². The highest BCUT2D eigenvalue weighted by Gasteiger charge is 2.10. The van der Waals surface area contributed by atoms with E-state index < -0.39 is 11.6 Å². The van der Waals surface area contributed by atoms with E-state index >= 15 is 0 Å². The first-order valence-electron chi connectivity index (χ1n) is 6.18. The van der Waals surface area contributed by atoms with Gasteiger partial charge in [-0.05, 0) is 24.3 Å². The molecule has 0 unspecified atom stereocenters. The SMILES string of the molecule is Fc1ccc(OCc2noc(-c3ccccc3)n2)c(F)c1. The average molecular weight is 288 g/mol. The van der Waals surface area contributed by atoms with Gasteiger partial charge in [0.05, 0.1) is 0 Å². The Morgan fingerprint density at radius 3 is 2.62 bits per heavy atom. The van der Waals surface area contributed by atoms with Crippen LogP contribution in [0.2, 0.25) is 0 Å². The van der Waals surface area contributed by atoms with Gasteiger partial charge in [0.25, 0.3) is 5.89 Å². The van der Waals surface area contributed by atoms with Crippen LogP contribution in [0, 0.1) is 11.6 Å². The summed E-state index contributed by atoms with van der Waals surface area (Å²) in [5.74, 6) is -0.874. The molecule has 0 amide bonds. The number of benzene rings is 2. The minimum atomic E-state index is -0.776. The van der Waals surface area contributed by atoms with E-state index in [9.17, 15) is 8.78 Å². The molecule has 0 aliphatic heterocycles. The molecule has 3 aromatic rings. The monoisotopic (exact) mass is 288 g/mol. The Balaban J connectivity index is 1.70. The van der Waals surface area contributed by atoms with Crippen LogP contribution in [0.4, 0.5) is 8.78 Å². The molecule has 6 heteroatoms. The van der Waals surface area contributed by atoms with Gasteiger partial charge >= 0.3 is 0 Å². The molecule has 3 rings (SSSR count). The molecule has 21 heavy (non-hydrogen) atoms. The highest BCUT2D eigenvalue weighted by Crippen LogP contribution is 2.20. The molecule has 0 bridgehead atoms. The van der Waals surface area contributed by atoms with Crippen LogP contribution in [0.15, 0.2) is 53.1 Å². The third-order valence-corrected chi connectivity index (χ3v) is 2.74. The van der Waals surface area contributed by atoms with Crippen molar-refractivity contribution in [2.45, 2.75) is 6.61 Å². The van der Waals surface area contributed by atoms with Crippen molar-refractivity contribution in [1.29, 1.82) is 0 Å². The van der Waals surface area contributed by atoms with E-state index in [1.54, 1.807) is 0 Å². The van der Waals surface area contributed by atoms with Gasteiger partial charge in [-0.1, -0.05) is 23.4 Å². The fourth-order valence-electron chi connectivity index (χ4n) is 1.75. The van der Waals surface area contributed by atoms with Gasteiger partial charge in [-0.25, -0.2) is 8.78 Å². The third kappa shape index (κ3) is 3.05. The fraction of sp³-hybridized carbons (Fsp3) is 0.0667. The van der Waals surface area contributed by atoms with E-state index in [2.05, 4.69) is 10.1 Å². The van der Waals surface area contributed by atoms with Crippen molar-refractivity contribution in [3.05, 3.63) is 66.0 Å². The molecule has 2 aromatic carbocycles. The standard InChI is InChI=1S/C15H10F2N2O2/c16-11-6-7-13(12(17)8-11)20-9-14-18-15(21-19-14)10-4-2-1-3-5-10/h1-8H,9H2. The number of rotatable bonds is 4. The number of aromatic nitrogens is 2. The molecule has 1 aromatic heterocycles. The van der Waals surface area contributed by atoms with Crippen LogP contribution in [0.1, 0.15) is 5.82 Å². The van der Waals surface area contributed by atoms with Crippen LogP contribution in [0.25, 0.3) is 11.5 Å². The lowest BCUT2D eigenvalue weighted by Gasteiger charge is -2.03. The van der Waals surface area contributed by atoms with Gasteiger partial charge in [0.15, 0.2) is 18.2 Å². The first-order valence-corrected chi connectivity index (χ1v) is 6.18. The normalized spacial score (nSPS) is 10.6. The van der Waals surface area contributed by atoms with Gasteiger partial charge in [0, 0.05) is 11.6 Å². The molecule has 0 saturated carbocycles. The van der Waals surface area contributed by atoms with E-state index in [1.807, 2.05) is 30.3 Å². The summed E-state index contributed by atoms with van der Waals surface area (Å²) >= 11 is 0. The Morgan fingerprint density at radius 2 is 1.86 bits per heavy atom. The average Bonchev–Trinajstić information content (AvgIpc) is 2.96. The Labute approximate surface area is 119 Å². The van der Waals surface area contributed by atoms with Crippen LogP contribution in [0.5, 0.6) is 5.75 Å². The van der Waals surface area contributed by atoms with Crippen molar-refractivity contribution in [1.82, 2.24) is 10.1 Å². The molecular formula is C15H10F2N2O2. The molecular weight excluding hydrogens is 278 g/mol. The molecule has 0 aliphatic rings. The first-order chi connectivity index (χ1) is 10.2. The predicted molar refractivity (Wildman–Crippen MR) is 70.4 cm³/mol. The second-order valence-electron chi connectivity index (χ2n) is 4.25. The third-order valence-electron chi connectivity index (χ3n) is 2.74. The molecule has 0 aliphatic carbocycles. The number of halogens is 2. The van der Waals surface area contributed by atoms with Gasteiger partial charge in [-0.3, -0.25) is 0 Å². The van der Waals surface area contributed by atoms with Gasteiger partial charge in [0.2, 0.25) is 5.82 Å². The Morgan fingerprint density at radius 1 is 1.05 bits per heavy atom. The second kappa shape index (κ2) is 5.70. The lowest BCUT2D eigenvalue weighted by Crippen LogP contribution is -1.99. The summed E-state index contributed by atoms with van der Waals surface area (Å²) in [5, 5.41) is 3.75. The summed E-state index contributed by atoms with van der Waals surface area (Å²) in [6, 6.07) is 12.3. The maximum Gasteiger partial charge on any atom is 0.258 e. The summed E-state index contributed by atoms with van der Waals surface area (Å²) in [7, 11) is 0. The summed E-state index contributed by atoms with van der Waals surface area (Å²) in [5.41, 5.74) is 0.782. The molecule has 0 fully saturated rings. The molecule has 0 N–H and O–H groups in total. The number of nitrogens with zero attached hydrogens (tertiary/aromatic N) is 2. The maximum atomic E-state index is 13.4. The van der Waals surface area contributed by atoms with Crippen molar-refractivity contribution in [3.8, 4) is 17.2 Å². The topological polar surface area (TPSA) is 48.2 Å². The van der Waals surface area contributed by atoms with E-state index in [1.165, 1.54) is 6.07 Å². The second-order valence-corrected chi connectivity index (χ2v) is 4.25. The number of hydrogen-bond acceptors (Lipinski definition) is 4. The highest BCUT2D eigenvalue weighted by molar-refractivity contribution is 5.51. The quantitative estimate of drug-likeness (QED) is 0.736. The van der Waals surface area contributed by atoms with Crippen molar-refractivity contribution in [2.24, 2.45) is 0 Å². The largest absolute Gasteiger partial charge is 0.482 e. The lowest BCUT2D eigenvalue weighted by molar-refractivity contribution is 0.273. The van der Waals surface area contributed by atoms with E-state index in [-0.39, 0.29) is 18.2 Å². The summed E-state index contributed by atoms with van der Waals surface area (Å²) in [6.45, 7) is -0.0705. The lowest BCUT2D eigenvalue weighted by atomic mass is 10.2. The van der Waals surface area contributed by atoms with Gasteiger partial charge < -0.3 is 9.26 Å². The zero-order chi connectivity index (χ0) is 14.7. The zero-order valence-corrected chi connectivity index (χ0v) is 10.8. The van der Waals surface area contributed by atoms with E-state index in [4.69, 9.17) is 9.26 Å². The summed E-state index contributed by atoms with van der Waals surface area (Å²) in [6.07, 6.45) is 0. The molecule has 0 radical (unpaired) electrons. The number of hydrogen-bond donors (Lipinski definition) is 0. The minimum Gasteiger partial charge on any atom is -0.482 e. The minimum absolute atomic E-state index is 0.0672. The van der Waals surface area contributed by atoms with Crippen LogP contribution in [0.3, 0.4) is 0 Å². The summed E-state index contributed by atoms with van der Waals surface area (Å²) < 4.78 is 36.5.